The van der Waals surface area contributed by atoms with Crippen LogP contribution in [-0.4, -0.2) is 23.4 Å². The number of aliphatic hydroxyl groups excluding tert-OH is 1. The van der Waals surface area contributed by atoms with Crippen molar-refractivity contribution in [3.8, 4) is 11.5 Å². The van der Waals surface area contributed by atoms with Crippen molar-refractivity contribution >= 4 is 6.08 Å². The lowest BCUT2D eigenvalue weighted by Crippen LogP contribution is -1.91. The van der Waals surface area contributed by atoms with Crippen LogP contribution in [0.1, 0.15) is 12.5 Å². The van der Waals surface area contributed by atoms with Gasteiger partial charge in [-0.2, -0.15) is 0 Å². The summed E-state index contributed by atoms with van der Waals surface area (Å²) in [5.74, 6) is 0.598. The summed E-state index contributed by atoms with van der Waals surface area (Å²) in [5, 5.41) is 18.0. The monoisotopic (exact) mass is 194 g/mol. The molecular formula is C11H14O3. The van der Waals surface area contributed by atoms with E-state index in [1.54, 1.807) is 30.4 Å². The molecule has 0 aliphatic heterocycles. The molecular weight excluding hydrogens is 180 g/mol. The Morgan fingerprint density at radius 3 is 2.86 bits per heavy atom. The van der Waals surface area contributed by atoms with Gasteiger partial charge in [-0.15, -0.1) is 0 Å². The number of phenolic OH excluding ortho intramolecular Hbond substituents is 1. The molecule has 0 radical (unpaired) electrons. The molecule has 0 spiro atoms. The molecule has 0 aromatic heterocycles. The first-order chi connectivity index (χ1) is 6.77. The number of aliphatic hydroxyl groups is 1. The summed E-state index contributed by atoms with van der Waals surface area (Å²) in [6.45, 7) is 2.38. The molecule has 3 nitrogen and oxygen atoms in total. The number of benzene rings is 1. The fourth-order valence-corrected chi connectivity index (χ4v) is 1.09. The van der Waals surface area contributed by atoms with Crippen LogP contribution in [-0.2, 0) is 0 Å². The molecule has 0 fully saturated rings. The van der Waals surface area contributed by atoms with Crippen LogP contribution in [0.2, 0.25) is 0 Å². The molecule has 0 atom stereocenters. The van der Waals surface area contributed by atoms with Crippen molar-refractivity contribution in [2.75, 3.05) is 13.2 Å². The zero-order valence-corrected chi connectivity index (χ0v) is 8.10. The van der Waals surface area contributed by atoms with Gasteiger partial charge in [0.2, 0.25) is 0 Å². The van der Waals surface area contributed by atoms with Crippen LogP contribution in [0.15, 0.2) is 24.3 Å². The Labute approximate surface area is 83.3 Å². The average Bonchev–Trinajstić information content (AvgIpc) is 2.19. The normalized spacial score (nSPS) is 10.7. The molecule has 1 rings (SSSR count). The van der Waals surface area contributed by atoms with E-state index in [1.165, 1.54) is 0 Å². The first kappa shape index (κ1) is 10.6. The lowest BCUT2D eigenvalue weighted by Gasteiger charge is -2.05. The van der Waals surface area contributed by atoms with Crippen molar-refractivity contribution in [3.63, 3.8) is 0 Å². The summed E-state index contributed by atoms with van der Waals surface area (Å²) in [6.07, 6.45) is 3.39. The Balaban J connectivity index is 2.88. The quantitative estimate of drug-likeness (QED) is 0.768. The zero-order chi connectivity index (χ0) is 10.4. The molecule has 3 heteroatoms. The van der Waals surface area contributed by atoms with Crippen LogP contribution in [0.25, 0.3) is 6.08 Å². The van der Waals surface area contributed by atoms with Gasteiger partial charge in [-0.05, 0) is 24.6 Å². The van der Waals surface area contributed by atoms with Gasteiger partial charge in [-0.25, -0.2) is 0 Å². The summed E-state index contributed by atoms with van der Waals surface area (Å²) in [6, 6.07) is 5.05. The van der Waals surface area contributed by atoms with E-state index in [9.17, 15) is 5.11 Å². The van der Waals surface area contributed by atoms with Crippen LogP contribution in [0.4, 0.5) is 0 Å². The van der Waals surface area contributed by atoms with Gasteiger partial charge < -0.3 is 14.9 Å². The second-order valence-electron chi connectivity index (χ2n) is 2.75. The Morgan fingerprint density at radius 1 is 1.43 bits per heavy atom. The largest absolute Gasteiger partial charge is 0.504 e. The summed E-state index contributed by atoms with van der Waals surface area (Å²) in [4.78, 5) is 0. The molecule has 14 heavy (non-hydrogen) atoms. The van der Waals surface area contributed by atoms with E-state index in [-0.39, 0.29) is 12.4 Å². The van der Waals surface area contributed by atoms with Crippen LogP contribution in [0, 0.1) is 0 Å². The van der Waals surface area contributed by atoms with E-state index in [4.69, 9.17) is 9.84 Å². The molecule has 1 aromatic carbocycles. The van der Waals surface area contributed by atoms with E-state index >= 15 is 0 Å². The highest BCUT2D eigenvalue weighted by molar-refractivity contribution is 5.55. The molecule has 1 aromatic rings. The summed E-state index contributed by atoms with van der Waals surface area (Å²) in [7, 11) is 0. The lowest BCUT2D eigenvalue weighted by molar-refractivity contribution is 0.318. The predicted molar refractivity (Wildman–Crippen MR) is 55.4 cm³/mol. The summed E-state index contributed by atoms with van der Waals surface area (Å²) in [5.41, 5.74) is 0.889. The van der Waals surface area contributed by atoms with Gasteiger partial charge in [-0.1, -0.05) is 18.2 Å². The SMILES string of the molecule is CCOc1cc(/C=C/CO)ccc1O. The van der Waals surface area contributed by atoms with Gasteiger partial charge in [0.15, 0.2) is 11.5 Å². The molecule has 0 aliphatic carbocycles. The van der Waals surface area contributed by atoms with Crippen molar-refractivity contribution in [3.05, 3.63) is 29.8 Å². The fraction of sp³-hybridized carbons (Fsp3) is 0.273. The van der Waals surface area contributed by atoms with Gasteiger partial charge in [0.1, 0.15) is 0 Å². The maximum Gasteiger partial charge on any atom is 0.161 e. The van der Waals surface area contributed by atoms with Crippen molar-refractivity contribution in [2.24, 2.45) is 0 Å². The van der Waals surface area contributed by atoms with Crippen LogP contribution in [0.5, 0.6) is 11.5 Å². The highest BCUT2D eigenvalue weighted by atomic mass is 16.5. The molecule has 0 amide bonds. The molecule has 76 valence electrons. The van der Waals surface area contributed by atoms with E-state index in [1.807, 2.05) is 6.92 Å². The maximum atomic E-state index is 9.39. The smallest absolute Gasteiger partial charge is 0.161 e. The molecule has 2 N–H and O–H groups in total. The Hall–Kier alpha value is -1.48. The molecule has 0 heterocycles. The van der Waals surface area contributed by atoms with Gasteiger partial charge in [0, 0.05) is 0 Å². The van der Waals surface area contributed by atoms with Gasteiger partial charge in [-0.3, -0.25) is 0 Å². The highest BCUT2D eigenvalue weighted by Crippen LogP contribution is 2.27. The number of phenols is 1. The zero-order valence-electron chi connectivity index (χ0n) is 8.10. The number of hydrogen-bond donors (Lipinski definition) is 2. The summed E-state index contributed by atoms with van der Waals surface area (Å²) < 4.78 is 5.21. The third-order valence-corrected chi connectivity index (χ3v) is 1.70. The van der Waals surface area contributed by atoms with Crippen LogP contribution < -0.4 is 4.74 Å². The minimum Gasteiger partial charge on any atom is -0.504 e. The van der Waals surface area contributed by atoms with Crippen molar-refractivity contribution in [2.45, 2.75) is 6.92 Å². The van der Waals surface area contributed by atoms with Gasteiger partial charge >= 0.3 is 0 Å². The molecule has 0 saturated heterocycles. The van der Waals surface area contributed by atoms with Gasteiger partial charge in [0.25, 0.3) is 0 Å². The minimum absolute atomic E-state index is 0.00481. The van der Waals surface area contributed by atoms with E-state index < -0.39 is 0 Å². The van der Waals surface area contributed by atoms with E-state index in [0.717, 1.165) is 5.56 Å². The van der Waals surface area contributed by atoms with Crippen LogP contribution >= 0.6 is 0 Å². The minimum atomic E-state index is 0.00481. The Kier molecular flexibility index (Phi) is 4.01. The first-order valence-corrected chi connectivity index (χ1v) is 4.51. The molecule has 0 unspecified atom stereocenters. The number of rotatable bonds is 4. The van der Waals surface area contributed by atoms with Crippen molar-refractivity contribution in [1.82, 2.24) is 0 Å². The number of hydrogen-bond acceptors (Lipinski definition) is 3. The topological polar surface area (TPSA) is 49.7 Å². The second kappa shape index (κ2) is 5.29. The average molecular weight is 194 g/mol. The van der Waals surface area contributed by atoms with Crippen molar-refractivity contribution in [1.29, 1.82) is 0 Å². The molecule has 0 bridgehead atoms. The standard InChI is InChI=1S/C11H14O3/c1-2-14-11-8-9(4-3-7-12)5-6-10(11)13/h3-6,8,12-13H,2,7H2,1H3/b4-3+. The Bertz CT molecular complexity index is 318. The third-order valence-electron chi connectivity index (χ3n) is 1.70. The maximum absolute atomic E-state index is 9.39. The number of aromatic hydroxyl groups is 1. The first-order valence-electron chi connectivity index (χ1n) is 4.51. The van der Waals surface area contributed by atoms with Gasteiger partial charge in [0.05, 0.1) is 13.2 Å². The highest BCUT2D eigenvalue weighted by Gasteiger charge is 2.00. The third kappa shape index (κ3) is 2.78. The number of ether oxygens (including phenoxy) is 1. The van der Waals surface area contributed by atoms with E-state index in [2.05, 4.69) is 0 Å². The summed E-state index contributed by atoms with van der Waals surface area (Å²) >= 11 is 0. The lowest BCUT2D eigenvalue weighted by atomic mass is 10.2. The Morgan fingerprint density at radius 2 is 2.21 bits per heavy atom. The molecule has 0 saturated carbocycles. The van der Waals surface area contributed by atoms with Crippen LogP contribution in [0.3, 0.4) is 0 Å². The predicted octanol–water partition coefficient (Wildman–Crippen LogP) is 1.80. The van der Waals surface area contributed by atoms with Crippen molar-refractivity contribution < 1.29 is 14.9 Å². The molecule has 0 aliphatic rings. The second-order valence-corrected chi connectivity index (χ2v) is 2.75. The van der Waals surface area contributed by atoms with E-state index in [0.29, 0.717) is 12.4 Å². The fourth-order valence-electron chi connectivity index (χ4n) is 1.09.